The monoisotopic (exact) mass is 461 g/mol. The average Bonchev–Trinajstić information content (AvgIpc) is 3.16. The van der Waals surface area contributed by atoms with Crippen molar-refractivity contribution in [3.8, 4) is 0 Å². The van der Waals surface area contributed by atoms with Crippen LogP contribution in [0.2, 0.25) is 0 Å². The van der Waals surface area contributed by atoms with E-state index in [-0.39, 0.29) is 47.0 Å². The summed E-state index contributed by atoms with van der Waals surface area (Å²) < 4.78 is 22.4. The summed E-state index contributed by atoms with van der Waals surface area (Å²) in [5, 5.41) is 25.2. The third-order valence-corrected chi connectivity index (χ3v) is 8.24. The van der Waals surface area contributed by atoms with Crippen molar-refractivity contribution in [2.24, 2.45) is 11.8 Å². The number of thioether (sulfide) groups is 1. The fourth-order valence-electron chi connectivity index (χ4n) is 4.33. The lowest BCUT2D eigenvalue weighted by Gasteiger charge is -2.46. The summed E-state index contributed by atoms with van der Waals surface area (Å²) in [6, 6.07) is -0.855. The van der Waals surface area contributed by atoms with Crippen LogP contribution in [0.1, 0.15) is 20.3 Å². The van der Waals surface area contributed by atoms with Crippen molar-refractivity contribution in [1.82, 2.24) is 15.5 Å². The second kappa shape index (κ2) is 8.48. The first-order valence-corrected chi connectivity index (χ1v) is 12.7. The van der Waals surface area contributed by atoms with E-state index in [4.69, 9.17) is 0 Å². The summed E-state index contributed by atoms with van der Waals surface area (Å²) in [4.78, 5) is 38.4. The van der Waals surface area contributed by atoms with E-state index in [0.717, 1.165) is 6.26 Å². The number of aliphatic hydroxyl groups excluding tert-OH is 1. The molecular weight excluding hydrogens is 434 g/mol. The predicted molar refractivity (Wildman–Crippen MR) is 110 cm³/mol. The quantitative estimate of drug-likeness (QED) is 0.325. The molecule has 2 amide bonds. The molecular formula is C18H27N3O7S2. The molecule has 3 aliphatic heterocycles. The van der Waals surface area contributed by atoms with Gasteiger partial charge in [0.05, 0.1) is 29.9 Å². The van der Waals surface area contributed by atoms with E-state index >= 15 is 0 Å². The first kappa shape index (κ1) is 23.0. The molecule has 6 atom stereocenters. The maximum Gasteiger partial charge on any atom is 0.353 e. The molecule has 0 aromatic heterocycles. The van der Waals surface area contributed by atoms with Crippen LogP contribution in [0.15, 0.2) is 10.6 Å². The minimum atomic E-state index is -3.16. The van der Waals surface area contributed by atoms with Crippen LogP contribution in [0.4, 0.5) is 0 Å². The van der Waals surface area contributed by atoms with Crippen LogP contribution in [-0.4, -0.2) is 89.9 Å². The number of carbonyl (C=O) groups is 3. The Hall–Kier alpha value is -1.63. The summed E-state index contributed by atoms with van der Waals surface area (Å²) in [6.45, 7) is 3.91. The molecule has 0 aromatic carbocycles. The number of amides is 2. The van der Waals surface area contributed by atoms with Gasteiger partial charge in [-0.2, -0.15) is 0 Å². The molecule has 30 heavy (non-hydrogen) atoms. The van der Waals surface area contributed by atoms with Crippen molar-refractivity contribution < 1.29 is 33.0 Å². The zero-order chi connectivity index (χ0) is 22.4. The Labute approximate surface area is 179 Å². The molecule has 0 radical (unpaired) electrons. The van der Waals surface area contributed by atoms with Gasteiger partial charge >= 0.3 is 5.97 Å². The molecule has 0 aliphatic carbocycles. The molecule has 3 rings (SSSR count). The number of β-lactam (4-membered cyclic amide) rings is 1. The highest BCUT2D eigenvalue weighted by molar-refractivity contribution is 8.03. The second-order valence-corrected chi connectivity index (χ2v) is 11.7. The SMILES string of the molecule is C[C@@H](O)[C@H]1C(=O)N2C(C(=O)O)=C(S[C@@H]3CN[C@H](C(=O)NCCS(C)(=O)=O)C3)[C@H](C)[C@H]12. The number of sulfone groups is 1. The molecule has 0 aromatic rings. The molecule has 0 bridgehead atoms. The number of aliphatic carboxylic acids is 1. The van der Waals surface area contributed by atoms with Gasteiger partial charge < -0.3 is 25.7 Å². The summed E-state index contributed by atoms with van der Waals surface area (Å²) in [6.07, 6.45) is 0.706. The minimum Gasteiger partial charge on any atom is -0.477 e. The smallest absolute Gasteiger partial charge is 0.353 e. The highest BCUT2D eigenvalue weighted by atomic mass is 32.2. The van der Waals surface area contributed by atoms with Crippen LogP contribution < -0.4 is 10.6 Å². The maximum absolute atomic E-state index is 12.4. The number of hydrogen-bond donors (Lipinski definition) is 4. The lowest BCUT2D eigenvalue weighted by Crippen LogP contribution is -2.63. The third-order valence-electron chi connectivity index (χ3n) is 5.78. The average molecular weight is 462 g/mol. The predicted octanol–water partition coefficient (Wildman–Crippen LogP) is -1.24. The molecule has 4 N–H and O–H groups in total. The largest absolute Gasteiger partial charge is 0.477 e. The van der Waals surface area contributed by atoms with Gasteiger partial charge in [-0.05, 0) is 13.3 Å². The van der Waals surface area contributed by atoms with E-state index in [1.165, 1.54) is 23.6 Å². The van der Waals surface area contributed by atoms with Crippen molar-refractivity contribution in [1.29, 1.82) is 0 Å². The van der Waals surface area contributed by atoms with Gasteiger partial charge in [0, 0.05) is 35.4 Å². The lowest BCUT2D eigenvalue weighted by molar-refractivity contribution is -0.163. The maximum atomic E-state index is 12.4. The van der Waals surface area contributed by atoms with Crippen molar-refractivity contribution in [2.45, 2.75) is 43.7 Å². The molecule has 3 heterocycles. The summed E-state index contributed by atoms with van der Waals surface area (Å²) in [7, 11) is -3.16. The van der Waals surface area contributed by atoms with Crippen LogP contribution in [0.25, 0.3) is 0 Å². The number of hydrogen-bond acceptors (Lipinski definition) is 8. The van der Waals surface area contributed by atoms with Gasteiger partial charge in [-0.25, -0.2) is 13.2 Å². The van der Waals surface area contributed by atoms with Gasteiger partial charge in [-0.3, -0.25) is 9.59 Å². The highest BCUT2D eigenvalue weighted by Crippen LogP contribution is 2.51. The van der Waals surface area contributed by atoms with E-state index in [2.05, 4.69) is 10.6 Å². The van der Waals surface area contributed by atoms with Crippen molar-refractivity contribution in [3.05, 3.63) is 10.6 Å². The number of fused-ring (bicyclic) bond motifs is 1. The van der Waals surface area contributed by atoms with E-state index in [9.17, 15) is 33.0 Å². The highest BCUT2D eigenvalue weighted by Gasteiger charge is 2.60. The van der Waals surface area contributed by atoms with Crippen molar-refractivity contribution in [3.63, 3.8) is 0 Å². The molecule has 0 unspecified atom stereocenters. The minimum absolute atomic E-state index is 0.0274. The molecule has 0 spiro atoms. The molecule has 10 nitrogen and oxygen atoms in total. The van der Waals surface area contributed by atoms with E-state index < -0.39 is 33.9 Å². The Bertz CT molecular complexity index is 886. The number of carboxylic acid groups (broad SMARTS) is 1. The number of nitrogens with one attached hydrogen (secondary N) is 2. The molecule has 2 fully saturated rings. The van der Waals surface area contributed by atoms with Gasteiger partial charge in [-0.1, -0.05) is 6.92 Å². The molecule has 0 saturated carbocycles. The van der Waals surface area contributed by atoms with Crippen molar-refractivity contribution in [2.75, 3.05) is 25.1 Å². The Morgan fingerprint density at radius 3 is 2.63 bits per heavy atom. The normalized spacial score (nSPS) is 32.1. The standard InChI is InChI=1S/C18H27N3O7S2/c1-8-13-12(9(2)22)17(24)21(13)14(18(25)26)15(8)29-10-6-11(20-7-10)16(23)19-4-5-30(3,27)28/h8-13,20,22H,4-7H2,1-3H3,(H,19,23)(H,25,26)/t8-,9-,10+,11+,12-,13-/m1/s1. The zero-order valence-corrected chi connectivity index (χ0v) is 18.6. The molecule has 168 valence electrons. The summed E-state index contributed by atoms with van der Waals surface area (Å²) in [5.41, 5.74) is -0.0274. The first-order chi connectivity index (χ1) is 13.9. The fourth-order valence-corrected chi connectivity index (χ4v) is 6.29. The zero-order valence-electron chi connectivity index (χ0n) is 17.0. The second-order valence-electron chi connectivity index (χ2n) is 8.13. The van der Waals surface area contributed by atoms with Gasteiger partial charge in [0.1, 0.15) is 15.5 Å². The number of aliphatic hydroxyl groups is 1. The van der Waals surface area contributed by atoms with E-state index in [1.54, 1.807) is 0 Å². The number of carboxylic acids is 1. The van der Waals surface area contributed by atoms with E-state index in [0.29, 0.717) is 17.9 Å². The van der Waals surface area contributed by atoms with Gasteiger partial charge in [0.25, 0.3) is 0 Å². The van der Waals surface area contributed by atoms with Gasteiger partial charge in [0.2, 0.25) is 11.8 Å². The molecule has 3 aliphatic rings. The summed E-state index contributed by atoms with van der Waals surface area (Å²) in [5.74, 6) is -2.80. The lowest BCUT2D eigenvalue weighted by atomic mass is 9.79. The van der Waals surface area contributed by atoms with Crippen LogP contribution in [0.5, 0.6) is 0 Å². The fraction of sp³-hybridized carbons (Fsp3) is 0.722. The molecule has 12 heteroatoms. The number of rotatable bonds is 8. The first-order valence-electron chi connectivity index (χ1n) is 9.76. The number of nitrogens with zero attached hydrogens (tertiary/aromatic N) is 1. The Balaban J connectivity index is 1.64. The summed E-state index contributed by atoms with van der Waals surface area (Å²) >= 11 is 1.36. The topological polar surface area (TPSA) is 153 Å². The third kappa shape index (κ3) is 4.36. The Morgan fingerprint density at radius 2 is 2.07 bits per heavy atom. The number of carbonyl (C=O) groups excluding carboxylic acids is 2. The Morgan fingerprint density at radius 1 is 1.40 bits per heavy atom. The van der Waals surface area contributed by atoms with Gasteiger partial charge in [-0.15, -0.1) is 11.8 Å². The van der Waals surface area contributed by atoms with Crippen LogP contribution in [0.3, 0.4) is 0 Å². The van der Waals surface area contributed by atoms with Crippen LogP contribution in [0, 0.1) is 11.8 Å². The van der Waals surface area contributed by atoms with Crippen LogP contribution >= 0.6 is 11.8 Å². The Kier molecular flexibility index (Phi) is 6.51. The van der Waals surface area contributed by atoms with E-state index in [1.807, 2.05) is 6.92 Å². The van der Waals surface area contributed by atoms with Crippen molar-refractivity contribution >= 4 is 39.4 Å². The van der Waals surface area contributed by atoms with Gasteiger partial charge in [0.15, 0.2) is 0 Å². The molecule has 2 saturated heterocycles. The van der Waals surface area contributed by atoms with Crippen LogP contribution in [-0.2, 0) is 24.2 Å².